The van der Waals surface area contributed by atoms with Crippen LogP contribution in [-0.2, 0) is 9.53 Å². The van der Waals surface area contributed by atoms with E-state index in [2.05, 4.69) is 5.32 Å². The largest absolute Gasteiger partial charge is 0.383 e. The molecular weight excluding hydrogens is 142 g/mol. The first-order chi connectivity index (χ1) is 5.24. The van der Waals surface area contributed by atoms with Crippen LogP contribution >= 0.6 is 0 Å². The Morgan fingerprint density at radius 3 is 2.55 bits per heavy atom. The van der Waals surface area contributed by atoms with Crippen molar-refractivity contribution in [1.82, 2.24) is 5.32 Å². The van der Waals surface area contributed by atoms with Crippen LogP contribution in [0.4, 0.5) is 0 Å². The highest BCUT2D eigenvalue weighted by Gasteiger charge is 2.07. The molecule has 0 aromatic carbocycles. The molecule has 1 unspecified atom stereocenters. The van der Waals surface area contributed by atoms with Crippen molar-refractivity contribution in [1.29, 1.82) is 0 Å². The highest BCUT2D eigenvalue weighted by molar-refractivity contribution is 5.75. The van der Waals surface area contributed by atoms with Gasteiger partial charge in [-0.2, -0.15) is 0 Å². The molecule has 0 aromatic rings. The van der Waals surface area contributed by atoms with Crippen LogP contribution in [0, 0.1) is 0 Å². The molecular formula is C8H17NO2. The monoisotopic (exact) mass is 159 g/mol. The molecule has 11 heavy (non-hydrogen) atoms. The average Bonchev–Trinajstić information content (AvgIpc) is 2.03. The van der Waals surface area contributed by atoms with E-state index < -0.39 is 0 Å². The first kappa shape index (κ1) is 10.4. The molecule has 66 valence electrons. The van der Waals surface area contributed by atoms with E-state index in [4.69, 9.17) is 4.74 Å². The second kappa shape index (κ2) is 6.16. The first-order valence-electron chi connectivity index (χ1n) is 4.02. The topological polar surface area (TPSA) is 38.3 Å². The molecule has 0 saturated carbocycles. The summed E-state index contributed by atoms with van der Waals surface area (Å²) in [5.74, 6) is 0.0916. The fraction of sp³-hybridized carbons (Fsp3) is 0.875. The number of nitrogens with one attached hydrogen (secondary N) is 1. The Balaban J connectivity index is 3.58. The highest BCUT2D eigenvalue weighted by Crippen LogP contribution is 1.91. The normalized spacial score (nSPS) is 12.6. The molecule has 0 spiro atoms. The fourth-order valence-corrected chi connectivity index (χ4v) is 0.792. The van der Waals surface area contributed by atoms with Crippen molar-refractivity contribution in [3.05, 3.63) is 0 Å². The molecule has 3 nitrogen and oxygen atoms in total. The zero-order valence-corrected chi connectivity index (χ0v) is 7.52. The summed E-state index contributed by atoms with van der Waals surface area (Å²) < 4.78 is 4.93. The molecule has 0 rings (SSSR count). The summed E-state index contributed by atoms with van der Waals surface area (Å²) in [6.07, 6.45) is 1.46. The molecule has 0 aromatic heterocycles. The number of hydrogen-bond donors (Lipinski definition) is 1. The number of carbonyl (C=O) groups is 1. The van der Waals surface area contributed by atoms with E-state index in [1.165, 1.54) is 0 Å². The van der Waals surface area contributed by atoms with E-state index in [0.29, 0.717) is 13.0 Å². The zero-order chi connectivity index (χ0) is 8.69. The van der Waals surface area contributed by atoms with Crippen molar-refractivity contribution in [3.8, 4) is 0 Å². The van der Waals surface area contributed by atoms with Crippen LogP contribution in [-0.4, -0.2) is 25.7 Å². The lowest BCUT2D eigenvalue weighted by atomic mass is 10.2. The van der Waals surface area contributed by atoms with Crippen molar-refractivity contribution >= 4 is 5.91 Å². The van der Waals surface area contributed by atoms with Gasteiger partial charge in [0.2, 0.25) is 5.91 Å². The van der Waals surface area contributed by atoms with Gasteiger partial charge >= 0.3 is 0 Å². The summed E-state index contributed by atoms with van der Waals surface area (Å²) in [6.45, 7) is 4.47. The summed E-state index contributed by atoms with van der Waals surface area (Å²) in [7, 11) is 1.64. The molecule has 0 aliphatic heterocycles. The Kier molecular flexibility index (Phi) is 5.84. The Morgan fingerprint density at radius 2 is 2.18 bits per heavy atom. The number of ether oxygens (including phenoxy) is 1. The van der Waals surface area contributed by atoms with Gasteiger partial charge in [0.05, 0.1) is 12.6 Å². The lowest BCUT2D eigenvalue weighted by Gasteiger charge is -2.14. The third kappa shape index (κ3) is 4.79. The van der Waals surface area contributed by atoms with Gasteiger partial charge in [-0.05, 0) is 6.42 Å². The van der Waals surface area contributed by atoms with E-state index in [9.17, 15) is 4.79 Å². The quantitative estimate of drug-likeness (QED) is 0.648. The maximum absolute atomic E-state index is 10.9. The molecule has 0 aliphatic rings. The molecule has 0 fully saturated rings. The third-order valence-electron chi connectivity index (χ3n) is 1.55. The molecule has 1 atom stereocenters. The maximum Gasteiger partial charge on any atom is 0.220 e. The molecule has 0 bridgehead atoms. The van der Waals surface area contributed by atoms with Crippen LogP contribution in [0.2, 0.25) is 0 Å². The number of carbonyl (C=O) groups excluding carboxylic acids is 1. The summed E-state index contributed by atoms with van der Waals surface area (Å²) in [4.78, 5) is 10.9. The minimum absolute atomic E-state index is 0.0916. The van der Waals surface area contributed by atoms with Crippen LogP contribution in [0.3, 0.4) is 0 Å². The third-order valence-corrected chi connectivity index (χ3v) is 1.55. The predicted molar refractivity (Wildman–Crippen MR) is 44.4 cm³/mol. The van der Waals surface area contributed by atoms with Crippen LogP contribution in [0.25, 0.3) is 0 Å². The number of methoxy groups -OCH3 is 1. The molecule has 1 N–H and O–H groups in total. The van der Waals surface area contributed by atoms with Gasteiger partial charge in [-0.3, -0.25) is 4.79 Å². The van der Waals surface area contributed by atoms with Crippen molar-refractivity contribution < 1.29 is 9.53 Å². The summed E-state index contributed by atoms with van der Waals surface area (Å²) in [5.41, 5.74) is 0. The van der Waals surface area contributed by atoms with E-state index in [1.54, 1.807) is 7.11 Å². The van der Waals surface area contributed by atoms with Crippen molar-refractivity contribution in [2.75, 3.05) is 13.7 Å². The van der Waals surface area contributed by atoms with Gasteiger partial charge in [0, 0.05) is 13.5 Å². The smallest absolute Gasteiger partial charge is 0.220 e. The minimum Gasteiger partial charge on any atom is -0.383 e. The fourth-order valence-electron chi connectivity index (χ4n) is 0.792. The second-order valence-electron chi connectivity index (χ2n) is 2.48. The van der Waals surface area contributed by atoms with Gasteiger partial charge in [-0.15, -0.1) is 0 Å². The van der Waals surface area contributed by atoms with Gasteiger partial charge < -0.3 is 10.1 Å². The maximum atomic E-state index is 10.9. The van der Waals surface area contributed by atoms with Crippen molar-refractivity contribution in [2.24, 2.45) is 0 Å². The van der Waals surface area contributed by atoms with Gasteiger partial charge in [-0.25, -0.2) is 0 Å². The number of amides is 1. The van der Waals surface area contributed by atoms with Gasteiger partial charge in [0.1, 0.15) is 0 Å². The van der Waals surface area contributed by atoms with Gasteiger partial charge in [-0.1, -0.05) is 13.8 Å². The molecule has 1 amide bonds. The average molecular weight is 159 g/mol. The summed E-state index contributed by atoms with van der Waals surface area (Å²) in [5, 5.41) is 2.85. The SMILES string of the molecule is CCC(=O)NC(CC)COC. The van der Waals surface area contributed by atoms with E-state index in [1.807, 2.05) is 13.8 Å². The van der Waals surface area contributed by atoms with Crippen molar-refractivity contribution in [3.63, 3.8) is 0 Å². The van der Waals surface area contributed by atoms with Crippen LogP contribution < -0.4 is 5.32 Å². The highest BCUT2D eigenvalue weighted by atomic mass is 16.5. The van der Waals surface area contributed by atoms with E-state index in [-0.39, 0.29) is 11.9 Å². The molecule has 0 heterocycles. The van der Waals surface area contributed by atoms with E-state index >= 15 is 0 Å². The molecule has 0 saturated heterocycles. The number of hydrogen-bond acceptors (Lipinski definition) is 2. The van der Waals surface area contributed by atoms with Crippen LogP contribution in [0.1, 0.15) is 26.7 Å². The van der Waals surface area contributed by atoms with Crippen LogP contribution in [0.5, 0.6) is 0 Å². The Bertz CT molecular complexity index is 115. The lowest BCUT2D eigenvalue weighted by Crippen LogP contribution is -2.36. The van der Waals surface area contributed by atoms with Gasteiger partial charge in [0.25, 0.3) is 0 Å². The zero-order valence-electron chi connectivity index (χ0n) is 7.52. The standard InChI is InChI=1S/C8H17NO2/c1-4-7(6-11-3)9-8(10)5-2/h7H,4-6H2,1-3H3,(H,9,10). The second-order valence-corrected chi connectivity index (χ2v) is 2.48. The minimum atomic E-state index is 0.0916. The number of rotatable bonds is 5. The molecule has 3 heteroatoms. The lowest BCUT2D eigenvalue weighted by molar-refractivity contribution is -0.121. The Labute approximate surface area is 68.1 Å². The van der Waals surface area contributed by atoms with E-state index in [0.717, 1.165) is 6.42 Å². The summed E-state index contributed by atoms with van der Waals surface area (Å²) >= 11 is 0. The first-order valence-corrected chi connectivity index (χ1v) is 4.02. The van der Waals surface area contributed by atoms with Crippen molar-refractivity contribution in [2.45, 2.75) is 32.7 Å². The predicted octanol–water partition coefficient (Wildman–Crippen LogP) is 0.938. The Morgan fingerprint density at radius 1 is 1.55 bits per heavy atom. The Hall–Kier alpha value is -0.570. The molecule has 0 aliphatic carbocycles. The van der Waals surface area contributed by atoms with Gasteiger partial charge in [0.15, 0.2) is 0 Å². The summed E-state index contributed by atoms with van der Waals surface area (Å²) in [6, 6.07) is 0.174. The molecule has 0 radical (unpaired) electrons. The van der Waals surface area contributed by atoms with Crippen LogP contribution in [0.15, 0.2) is 0 Å².